The maximum atomic E-state index is 5.50. The third-order valence-electron chi connectivity index (χ3n) is 11.9. The first kappa shape index (κ1) is 32.5. The largest absolute Gasteiger partial charge is 0.309 e. The molecule has 9 aromatic carbocycles. The van der Waals surface area contributed by atoms with Crippen molar-refractivity contribution in [1.29, 1.82) is 0 Å². The highest BCUT2D eigenvalue weighted by Gasteiger charge is 2.22. The van der Waals surface area contributed by atoms with Gasteiger partial charge in [0.15, 0.2) is 0 Å². The second kappa shape index (κ2) is 12.9. The van der Waals surface area contributed by atoms with Crippen molar-refractivity contribution in [2.45, 2.75) is 0 Å². The number of aromatic nitrogens is 3. The summed E-state index contributed by atoms with van der Waals surface area (Å²) in [6.45, 7) is 0. The van der Waals surface area contributed by atoms with E-state index < -0.39 is 0 Å². The Bertz CT molecular complexity index is 3500. The van der Waals surface area contributed by atoms with Crippen LogP contribution in [0.4, 0.5) is 0 Å². The van der Waals surface area contributed by atoms with Crippen molar-refractivity contribution in [2.75, 3.05) is 0 Å². The van der Waals surface area contributed by atoms with E-state index in [4.69, 9.17) is 4.98 Å². The zero-order valence-electron chi connectivity index (χ0n) is 31.5. The molecule has 0 fully saturated rings. The number of rotatable bonds is 5. The van der Waals surface area contributed by atoms with Gasteiger partial charge in [0.05, 0.1) is 27.8 Å². The van der Waals surface area contributed by atoms with Crippen LogP contribution in [0.2, 0.25) is 0 Å². The van der Waals surface area contributed by atoms with Crippen molar-refractivity contribution < 1.29 is 0 Å². The molecular weight excluding hydrogens is 703 g/mol. The summed E-state index contributed by atoms with van der Waals surface area (Å²) in [4.78, 5) is 5.50. The lowest BCUT2D eigenvalue weighted by Crippen LogP contribution is -2.01. The van der Waals surface area contributed by atoms with Gasteiger partial charge in [-0.05, 0) is 92.8 Å². The average molecular weight is 738 g/mol. The van der Waals surface area contributed by atoms with Crippen LogP contribution >= 0.6 is 0 Å². The molecule has 270 valence electrons. The van der Waals surface area contributed by atoms with Crippen molar-refractivity contribution in [3.63, 3.8) is 0 Å². The van der Waals surface area contributed by atoms with Gasteiger partial charge in [-0.3, -0.25) is 4.57 Å². The van der Waals surface area contributed by atoms with Gasteiger partial charge in [-0.2, -0.15) is 0 Å². The van der Waals surface area contributed by atoms with Crippen LogP contribution in [0.1, 0.15) is 0 Å². The number of benzene rings is 9. The average Bonchev–Trinajstić information content (AvgIpc) is 3.81. The Hall–Kier alpha value is -7.75. The Morgan fingerprint density at radius 1 is 0.310 bits per heavy atom. The van der Waals surface area contributed by atoms with Crippen molar-refractivity contribution in [2.24, 2.45) is 0 Å². The lowest BCUT2D eigenvalue weighted by atomic mass is 9.94. The smallest absolute Gasteiger partial charge is 0.138 e. The normalized spacial score (nSPS) is 11.8. The second-order valence-electron chi connectivity index (χ2n) is 15.2. The van der Waals surface area contributed by atoms with E-state index >= 15 is 0 Å². The lowest BCUT2D eigenvalue weighted by molar-refractivity contribution is 1.09. The molecule has 3 aromatic heterocycles. The summed E-state index contributed by atoms with van der Waals surface area (Å²) in [6, 6.07) is 76.9. The van der Waals surface area contributed by atoms with E-state index in [1.807, 2.05) is 0 Å². The van der Waals surface area contributed by atoms with Crippen molar-refractivity contribution in [3.8, 4) is 45.0 Å². The van der Waals surface area contributed by atoms with Gasteiger partial charge in [0.1, 0.15) is 5.82 Å². The minimum absolute atomic E-state index is 0.886. The van der Waals surface area contributed by atoms with Crippen LogP contribution in [-0.2, 0) is 0 Å². The molecule has 0 saturated heterocycles. The summed E-state index contributed by atoms with van der Waals surface area (Å²) < 4.78 is 4.83. The number of nitrogens with zero attached hydrogens (tertiary/aromatic N) is 3. The highest BCUT2D eigenvalue weighted by atomic mass is 15.1. The maximum Gasteiger partial charge on any atom is 0.138 e. The molecule has 3 heterocycles. The van der Waals surface area contributed by atoms with E-state index in [1.54, 1.807) is 0 Å². The first-order chi connectivity index (χ1) is 28.8. The number of hydrogen-bond acceptors (Lipinski definition) is 1. The van der Waals surface area contributed by atoms with E-state index in [0.29, 0.717) is 0 Å². The molecule has 0 radical (unpaired) electrons. The number of para-hydroxylation sites is 2. The van der Waals surface area contributed by atoms with Crippen molar-refractivity contribution >= 4 is 65.2 Å². The molecule has 0 saturated carbocycles. The summed E-state index contributed by atoms with van der Waals surface area (Å²) in [5.74, 6) is 0.886. The zero-order valence-corrected chi connectivity index (χ0v) is 31.5. The third-order valence-corrected chi connectivity index (χ3v) is 11.9. The Kier molecular flexibility index (Phi) is 7.23. The molecule has 0 bridgehead atoms. The van der Waals surface area contributed by atoms with Crippen LogP contribution in [0.5, 0.6) is 0 Å². The van der Waals surface area contributed by atoms with E-state index in [9.17, 15) is 0 Å². The van der Waals surface area contributed by atoms with Gasteiger partial charge < -0.3 is 4.57 Å². The van der Waals surface area contributed by atoms with E-state index in [1.165, 1.54) is 65.3 Å². The quantitative estimate of drug-likeness (QED) is 0.172. The van der Waals surface area contributed by atoms with Crippen LogP contribution in [0.15, 0.2) is 212 Å². The van der Waals surface area contributed by atoms with Gasteiger partial charge in [-0.1, -0.05) is 158 Å². The standard InChI is InChI=1S/C55H35N3/c1-3-15-36(16-4-1)42-34-49(38-18-5-2-6-19-38)56-53(35-42)58-51-26-14-12-24-46(51)48-32-40-21-9-10-22-44(40)54(55(48)58)41-28-30-52-47(33-41)45-23-11-13-25-50(45)57(52)43-29-27-37-17-7-8-20-39(37)31-43/h1-35H. The van der Waals surface area contributed by atoms with E-state index in [2.05, 4.69) is 221 Å². The lowest BCUT2D eigenvalue weighted by Gasteiger charge is -2.16. The Labute approximate surface area is 335 Å². The van der Waals surface area contributed by atoms with Crippen molar-refractivity contribution in [1.82, 2.24) is 14.1 Å². The molecule has 0 atom stereocenters. The van der Waals surface area contributed by atoms with Crippen LogP contribution < -0.4 is 0 Å². The Morgan fingerprint density at radius 3 is 1.69 bits per heavy atom. The van der Waals surface area contributed by atoms with Crippen molar-refractivity contribution in [3.05, 3.63) is 212 Å². The number of pyridine rings is 1. The molecule has 0 unspecified atom stereocenters. The van der Waals surface area contributed by atoms with Gasteiger partial charge >= 0.3 is 0 Å². The molecule has 58 heavy (non-hydrogen) atoms. The van der Waals surface area contributed by atoms with Gasteiger partial charge in [-0.25, -0.2) is 4.98 Å². The topological polar surface area (TPSA) is 22.8 Å². The first-order valence-electron chi connectivity index (χ1n) is 19.9. The predicted octanol–water partition coefficient (Wildman–Crippen LogP) is 14.6. The van der Waals surface area contributed by atoms with E-state index in [0.717, 1.165) is 44.9 Å². The highest BCUT2D eigenvalue weighted by Crippen LogP contribution is 2.45. The summed E-state index contributed by atoms with van der Waals surface area (Å²) in [5.41, 5.74) is 12.5. The summed E-state index contributed by atoms with van der Waals surface area (Å²) in [5, 5.41) is 9.75. The van der Waals surface area contributed by atoms with Gasteiger partial charge in [0.2, 0.25) is 0 Å². The van der Waals surface area contributed by atoms with E-state index in [-0.39, 0.29) is 0 Å². The fourth-order valence-electron chi connectivity index (χ4n) is 9.23. The summed E-state index contributed by atoms with van der Waals surface area (Å²) in [7, 11) is 0. The summed E-state index contributed by atoms with van der Waals surface area (Å²) >= 11 is 0. The second-order valence-corrected chi connectivity index (χ2v) is 15.2. The van der Waals surface area contributed by atoms with Crippen LogP contribution in [0.25, 0.3) is 110 Å². The van der Waals surface area contributed by atoms with Gasteiger partial charge in [-0.15, -0.1) is 0 Å². The van der Waals surface area contributed by atoms with Crippen LogP contribution in [0, 0.1) is 0 Å². The maximum absolute atomic E-state index is 5.50. The Morgan fingerprint density at radius 2 is 0.914 bits per heavy atom. The monoisotopic (exact) mass is 737 g/mol. The molecular formula is C55H35N3. The third kappa shape index (κ3) is 5.04. The number of hydrogen-bond donors (Lipinski definition) is 0. The molecule has 0 amide bonds. The van der Waals surface area contributed by atoms with Gasteiger partial charge in [0, 0.05) is 38.4 Å². The van der Waals surface area contributed by atoms with Crippen LogP contribution in [0.3, 0.4) is 0 Å². The first-order valence-corrected chi connectivity index (χ1v) is 19.9. The minimum Gasteiger partial charge on any atom is -0.309 e. The molecule has 0 aliphatic heterocycles. The molecule has 12 rings (SSSR count). The Balaban J connectivity index is 1.18. The van der Waals surface area contributed by atoms with Gasteiger partial charge in [0.25, 0.3) is 0 Å². The molecule has 0 N–H and O–H groups in total. The highest BCUT2D eigenvalue weighted by molar-refractivity contribution is 6.22. The fourth-order valence-corrected chi connectivity index (χ4v) is 9.23. The van der Waals surface area contributed by atoms with Crippen LogP contribution in [-0.4, -0.2) is 14.1 Å². The predicted molar refractivity (Wildman–Crippen MR) is 244 cm³/mol. The fraction of sp³-hybridized carbons (Fsp3) is 0. The minimum atomic E-state index is 0.886. The molecule has 0 aliphatic carbocycles. The molecule has 0 spiro atoms. The molecule has 0 aliphatic rings. The number of fused-ring (bicyclic) bond motifs is 8. The SMILES string of the molecule is c1ccc(-c2cc(-c3ccccc3)nc(-n3c4ccccc4c4cc5ccccc5c(-c5ccc6c(c5)c5ccccc5n6-c5ccc6ccccc6c5)c43)c2)cc1. The zero-order chi connectivity index (χ0) is 38.2. The molecule has 3 nitrogen and oxygen atoms in total. The molecule has 12 aromatic rings. The molecule has 3 heteroatoms. The summed E-state index contributed by atoms with van der Waals surface area (Å²) in [6.07, 6.45) is 0.